The predicted molar refractivity (Wildman–Crippen MR) is 111 cm³/mol. The number of nitrogens with zero attached hydrogens (tertiary/aromatic N) is 1. The Morgan fingerprint density at radius 1 is 1.08 bits per heavy atom. The van der Waals surface area contributed by atoms with Crippen LogP contribution in [0.25, 0.3) is 21.8 Å². The highest BCUT2D eigenvalue weighted by Crippen LogP contribution is 2.33. The Balaban J connectivity index is 1.87. The van der Waals surface area contributed by atoms with Crippen LogP contribution in [0.15, 0.2) is 42.6 Å². The lowest BCUT2D eigenvalue weighted by Crippen LogP contribution is -2.04. The van der Waals surface area contributed by atoms with Gasteiger partial charge in [-0.3, -0.25) is 4.98 Å². The van der Waals surface area contributed by atoms with Gasteiger partial charge in [-0.15, -0.1) is 0 Å². The Kier molecular flexibility index (Phi) is 4.49. The van der Waals surface area contributed by atoms with E-state index in [4.69, 9.17) is 28.9 Å². The molecule has 132 valence electrons. The second kappa shape index (κ2) is 6.80. The lowest BCUT2D eigenvalue weighted by molar-refractivity contribution is 0.975. The van der Waals surface area contributed by atoms with Gasteiger partial charge in [0.15, 0.2) is 0 Å². The zero-order valence-corrected chi connectivity index (χ0v) is 15.7. The molecule has 4 rings (SSSR count). The average molecular weight is 385 g/mol. The maximum atomic E-state index is 6.21. The molecule has 0 unspecified atom stereocenters. The quantitative estimate of drug-likeness (QED) is 0.430. The largest absolute Gasteiger partial charge is 0.354 e. The number of H-pyrrole nitrogens is 1. The Morgan fingerprint density at radius 2 is 1.92 bits per heavy atom. The van der Waals surface area contributed by atoms with Crippen molar-refractivity contribution in [1.29, 1.82) is 0 Å². The standard InChI is InChI=1S/C20H18Cl2N4/c1-11-18(22)9-15(10-24-11)25-14-6-12(4-5-23)20-17(8-14)16-7-13(21)2-3-19(16)26-20/h2-3,6-10,25-26H,4-5,23H2,1H3. The van der Waals surface area contributed by atoms with Crippen LogP contribution < -0.4 is 11.1 Å². The van der Waals surface area contributed by atoms with E-state index in [9.17, 15) is 0 Å². The molecule has 0 spiro atoms. The lowest BCUT2D eigenvalue weighted by atomic mass is 10.0. The van der Waals surface area contributed by atoms with Crippen LogP contribution in [0.2, 0.25) is 10.0 Å². The number of pyridine rings is 1. The van der Waals surface area contributed by atoms with Gasteiger partial charge in [0.1, 0.15) is 0 Å². The fourth-order valence-corrected chi connectivity index (χ4v) is 3.55. The van der Waals surface area contributed by atoms with Gasteiger partial charge in [-0.2, -0.15) is 0 Å². The van der Waals surface area contributed by atoms with Gasteiger partial charge in [-0.25, -0.2) is 0 Å². The zero-order chi connectivity index (χ0) is 18.3. The molecule has 0 atom stereocenters. The number of aromatic nitrogens is 2. The number of hydrogen-bond acceptors (Lipinski definition) is 3. The molecule has 0 fully saturated rings. The normalized spacial score (nSPS) is 11.4. The number of anilines is 2. The van der Waals surface area contributed by atoms with Crippen LogP contribution in [0.3, 0.4) is 0 Å². The van der Waals surface area contributed by atoms with Crippen molar-refractivity contribution in [3.8, 4) is 0 Å². The first kappa shape index (κ1) is 17.2. The first-order chi connectivity index (χ1) is 12.5. The van der Waals surface area contributed by atoms with E-state index in [-0.39, 0.29) is 0 Å². The molecular formula is C20H18Cl2N4. The summed E-state index contributed by atoms with van der Waals surface area (Å²) in [5.41, 5.74) is 11.7. The molecule has 0 saturated heterocycles. The first-order valence-electron chi connectivity index (χ1n) is 8.38. The molecule has 0 bridgehead atoms. The van der Waals surface area contributed by atoms with Gasteiger partial charge in [0.05, 0.1) is 22.6 Å². The second-order valence-electron chi connectivity index (χ2n) is 6.33. The fourth-order valence-electron chi connectivity index (χ4n) is 3.21. The van der Waals surface area contributed by atoms with Gasteiger partial charge in [0.25, 0.3) is 0 Å². The van der Waals surface area contributed by atoms with E-state index in [0.717, 1.165) is 50.9 Å². The fraction of sp³-hybridized carbons (Fsp3) is 0.150. The number of aromatic amines is 1. The molecule has 0 saturated carbocycles. The molecule has 0 aliphatic heterocycles. The summed E-state index contributed by atoms with van der Waals surface area (Å²) in [7, 11) is 0. The molecule has 4 aromatic rings. The van der Waals surface area contributed by atoms with E-state index in [1.807, 2.05) is 31.2 Å². The van der Waals surface area contributed by atoms with Crippen molar-refractivity contribution < 1.29 is 0 Å². The summed E-state index contributed by atoms with van der Waals surface area (Å²) in [5.74, 6) is 0. The molecule has 2 aromatic carbocycles. The summed E-state index contributed by atoms with van der Waals surface area (Å²) in [5, 5.41) is 6.95. The third-order valence-electron chi connectivity index (χ3n) is 4.48. The van der Waals surface area contributed by atoms with E-state index in [1.54, 1.807) is 6.20 Å². The SMILES string of the molecule is Cc1ncc(Nc2cc(CCN)c3[nH]c4ccc(Cl)cc4c3c2)cc1Cl. The van der Waals surface area contributed by atoms with Crippen molar-refractivity contribution in [1.82, 2.24) is 9.97 Å². The van der Waals surface area contributed by atoms with E-state index < -0.39 is 0 Å². The van der Waals surface area contributed by atoms with Gasteiger partial charge in [0.2, 0.25) is 0 Å². The number of hydrogen-bond donors (Lipinski definition) is 3. The predicted octanol–water partition coefficient (Wildman–Crippen LogP) is 5.58. The smallest absolute Gasteiger partial charge is 0.0639 e. The number of fused-ring (bicyclic) bond motifs is 3. The highest BCUT2D eigenvalue weighted by Gasteiger charge is 2.11. The molecule has 0 radical (unpaired) electrons. The highest BCUT2D eigenvalue weighted by atomic mass is 35.5. The topological polar surface area (TPSA) is 66.7 Å². The summed E-state index contributed by atoms with van der Waals surface area (Å²) in [6.07, 6.45) is 2.56. The molecule has 4 nitrogen and oxygen atoms in total. The number of rotatable bonds is 4. The van der Waals surface area contributed by atoms with E-state index >= 15 is 0 Å². The number of aryl methyl sites for hydroxylation is 1. The van der Waals surface area contributed by atoms with E-state index in [0.29, 0.717) is 16.6 Å². The Hall–Kier alpha value is -2.27. The highest BCUT2D eigenvalue weighted by molar-refractivity contribution is 6.32. The maximum Gasteiger partial charge on any atom is 0.0639 e. The van der Waals surface area contributed by atoms with Crippen molar-refractivity contribution in [2.24, 2.45) is 5.73 Å². The summed E-state index contributed by atoms with van der Waals surface area (Å²) >= 11 is 12.4. The molecule has 0 amide bonds. The van der Waals surface area contributed by atoms with Crippen LogP contribution in [0.5, 0.6) is 0 Å². The second-order valence-corrected chi connectivity index (χ2v) is 7.17. The summed E-state index contributed by atoms with van der Waals surface area (Å²) in [4.78, 5) is 7.80. The van der Waals surface area contributed by atoms with Crippen molar-refractivity contribution in [2.45, 2.75) is 13.3 Å². The van der Waals surface area contributed by atoms with Gasteiger partial charge in [-0.05, 0) is 61.9 Å². The molecule has 6 heteroatoms. The van der Waals surface area contributed by atoms with Crippen molar-refractivity contribution >= 4 is 56.4 Å². The summed E-state index contributed by atoms with van der Waals surface area (Å²) < 4.78 is 0. The molecule has 2 aromatic heterocycles. The third kappa shape index (κ3) is 3.12. The average Bonchev–Trinajstić information content (AvgIpc) is 2.97. The molecule has 0 aliphatic carbocycles. The number of nitrogens with one attached hydrogen (secondary N) is 2. The number of benzene rings is 2. The number of halogens is 2. The van der Waals surface area contributed by atoms with Crippen molar-refractivity contribution in [2.75, 3.05) is 11.9 Å². The Bertz CT molecular complexity index is 1120. The van der Waals surface area contributed by atoms with Gasteiger partial charge < -0.3 is 16.0 Å². The third-order valence-corrected chi connectivity index (χ3v) is 5.10. The van der Waals surface area contributed by atoms with Gasteiger partial charge >= 0.3 is 0 Å². The van der Waals surface area contributed by atoms with Crippen LogP contribution in [-0.2, 0) is 6.42 Å². The monoisotopic (exact) mass is 384 g/mol. The van der Waals surface area contributed by atoms with Crippen molar-refractivity contribution in [3.05, 3.63) is 63.9 Å². The number of nitrogens with two attached hydrogens (primary N) is 1. The Labute approximate surface area is 161 Å². The maximum absolute atomic E-state index is 6.21. The van der Waals surface area contributed by atoms with Gasteiger partial charge in [0, 0.05) is 32.5 Å². The van der Waals surface area contributed by atoms with Crippen LogP contribution in [0.4, 0.5) is 11.4 Å². The first-order valence-corrected chi connectivity index (χ1v) is 9.14. The summed E-state index contributed by atoms with van der Waals surface area (Å²) in [6.45, 7) is 2.46. The summed E-state index contributed by atoms with van der Waals surface area (Å²) in [6, 6.07) is 12.0. The minimum atomic E-state index is 0.576. The van der Waals surface area contributed by atoms with Crippen LogP contribution in [-0.4, -0.2) is 16.5 Å². The Morgan fingerprint density at radius 3 is 2.69 bits per heavy atom. The van der Waals surface area contributed by atoms with Crippen LogP contribution in [0.1, 0.15) is 11.3 Å². The minimum absolute atomic E-state index is 0.576. The zero-order valence-electron chi connectivity index (χ0n) is 14.2. The van der Waals surface area contributed by atoms with E-state index in [1.165, 1.54) is 0 Å². The molecular weight excluding hydrogens is 367 g/mol. The van der Waals surface area contributed by atoms with Gasteiger partial charge in [-0.1, -0.05) is 23.2 Å². The molecule has 4 N–H and O–H groups in total. The van der Waals surface area contributed by atoms with Crippen molar-refractivity contribution in [3.63, 3.8) is 0 Å². The molecule has 26 heavy (non-hydrogen) atoms. The lowest BCUT2D eigenvalue weighted by Gasteiger charge is -2.11. The van der Waals surface area contributed by atoms with Crippen LogP contribution in [0, 0.1) is 6.92 Å². The minimum Gasteiger partial charge on any atom is -0.354 e. The van der Waals surface area contributed by atoms with E-state index in [2.05, 4.69) is 27.4 Å². The van der Waals surface area contributed by atoms with Crippen LogP contribution >= 0.6 is 23.2 Å². The molecule has 2 heterocycles. The molecule has 0 aliphatic rings.